The Labute approximate surface area is 183 Å². The molecule has 31 heavy (non-hydrogen) atoms. The summed E-state index contributed by atoms with van der Waals surface area (Å²) >= 11 is 0. The zero-order valence-corrected chi connectivity index (χ0v) is 17.7. The summed E-state index contributed by atoms with van der Waals surface area (Å²) in [7, 11) is 0. The van der Waals surface area contributed by atoms with Gasteiger partial charge in [-0.15, -0.1) is 0 Å². The standard InChI is InChI=1S/C21H26N2.C4H4O4/c1-3-9-20-16-23(14-13-22-11-5-6-12-22)17-21-10-4-2-8-19(21)15-18(20)7-1;5-3(6)1-2-4(7)8/h1-4,7-10H,5-6,11-17H2;1-2H,(H,5,6)(H,7,8)/b;2-1-. The number of carbonyl (C=O) groups is 2. The quantitative estimate of drug-likeness (QED) is 0.719. The number of aliphatic carboxylic acids is 2. The summed E-state index contributed by atoms with van der Waals surface area (Å²) in [6.07, 6.45) is 4.95. The summed E-state index contributed by atoms with van der Waals surface area (Å²) in [5, 5.41) is 15.6. The van der Waals surface area contributed by atoms with Gasteiger partial charge in [-0.3, -0.25) is 4.90 Å². The summed E-state index contributed by atoms with van der Waals surface area (Å²) in [6.45, 7) is 7.13. The predicted molar refractivity (Wildman–Crippen MR) is 120 cm³/mol. The van der Waals surface area contributed by atoms with Crippen LogP contribution in [0.4, 0.5) is 0 Å². The van der Waals surface area contributed by atoms with Gasteiger partial charge in [-0.2, -0.15) is 0 Å². The molecule has 2 aliphatic heterocycles. The van der Waals surface area contributed by atoms with E-state index in [1.807, 2.05) is 0 Å². The van der Waals surface area contributed by atoms with Crippen LogP contribution in [0.25, 0.3) is 0 Å². The minimum atomic E-state index is -1.26. The van der Waals surface area contributed by atoms with Crippen LogP contribution in [0.3, 0.4) is 0 Å². The van der Waals surface area contributed by atoms with Crippen LogP contribution in [0.15, 0.2) is 60.7 Å². The van der Waals surface area contributed by atoms with Crippen LogP contribution in [-0.4, -0.2) is 58.1 Å². The average molecular weight is 423 g/mol. The maximum Gasteiger partial charge on any atom is 0.328 e. The minimum Gasteiger partial charge on any atom is -0.478 e. The van der Waals surface area contributed by atoms with Gasteiger partial charge >= 0.3 is 11.9 Å². The van der Waals surface area contributed by atoms with E-state index >= 15 is 0 Å². The van der Waals surface area contributed by atoms with Crippen LogP contribution in [0.5, 0.6) is 0 Å². The fourth-order valence-corrected chi connectivity index (χ4v) is 4.10. The molecule has 6 nitrogen and oxygen atoms in total. The molecule has 0 bridgehead atoms. The van der Waals surface area contributed by atoms with Crippen molar-refractivity contribution in [2.24, 2.45) is 0 Å². The number of carboxylic acid groups (broad SMARTS) is 2. The lowest BCUT2D eigenvalue weighted by atomic mass is 9.94. The molecule has 1 saturated heterocycles. The molecule has 0 unspecified atom stereocenters. The molecule has 164 valence electrons. The zero-order valence-electron chi connectivity index (χ0n) is 17.7. The van der Waals surface area contributed by atoms with Gasteiger partial charge in [0.25, 0.3) is 0 Å². The molecule has 0 atom stereocenters. The Hall–Kier alpha value is -2.96. The van der Waals surface area contributed by atoms with E-state index in [-0.39, 0.29) is 0 Å². The van der Waals surface area contributed by atoms with Crippen molar-refractivity contribution < 1.29 is 19.8 Å². The van der Waals surface area contributed by atoms with Crippen molar-refractivity contribution >= 4 is 11.9 Å². The van der Waals surface area contributed by atoms with Crippen LogP contribution in [-0.2, 0) is 29.1 Å². The highest BCUT2D eigenvalue weighted by atomic mass is 16.4. The van der Waals surface area contributed by atoms with Crippen molar-refractivity contribution in [1.82, 2.24) is 9.80 Å². The fourth-order valence-electron chi connectivity index (χ4n) is 4.10. The molecule has 2 aromatic carbocycles. The first kappa shape index (κ1) is 22.7. The molecular formula is C25H30N2O4. The van der Waals surface area contributed by atoms with Gasteiger partial charge in [-0.1, -0.05) is 48.5 Å². The zero-order chi connectivity index (χ0) is 22.1. The van der Waals surface area contributed by atoms with E-state index < -0.39 is 11.9 Å². The van der Waals surface area contributed by atoms with E-state index in [1.165, 1.54) is 61.3 Å². The highest BCUT2D eigenvalue weighted by Gasteiger charge is 2.18. The Kier molecular flexibility index (Phi) is 8.38. The van der Waals surface area contributed by atoms with Gasteiger partial charge in [-0.25, -0.2) is 9.59 Å². The maximum absolute atomic E-state index is 9.55. The average Bonchev–Trinajstić information content (AvgIpc) is 3.26. The Morgan fingerprint density at radius 3 is 1.58 bits per heavy atom. The molecule has 4 rings (SSSR count). The number of hydrogen-bond acceptors (Lipinski definition) is 4. The van der Waals surface area contributed by atoms with E-state index in [4.69, 9.17) is 10.2 Å². The van der Waals surface area contributed by atoms with Crippen molar-refractivity contribution in [2.45, 2.75) is 32.4 Å². The second kappa shape index (κ2) is 11.4. The highest BCUT2D eigenvalue weighted by Crippen LogP contribution is 2.24. The Morgan fingerprint density at radius 2 is 1.13 bits per heavy atom. The summed E-state index contributed by atoms with van der Waals surface area (Å²) in [4.78, 5) is 24.4. The Balaban J connectivity index is 0.000000293. The summed E-state index contributed by atoms with van der Waals surface area (Å²) < 4.78 is 0. The van der Waals surface area contributed by atoms with Crippen molar-refractivity contribution in [3.05, 3.63) is 82.9 Å². The van der Waals surface area contributed by atoms with Gasteiger partial charge in [0.2, 0.25) is 0 Å². The molecule has 0 amide bonds. The van der Waals surface area contributed by atoms with Crippen molar-refractivity contribution in [2.75, 3.05) is 26.2 Å². The molecule has 0 radical (unpaired) electrons. The van der Waals surface area contributed by atoms with Gasteiger partial charge in [0.05, 0.1) is 0 Å². The fraction of sp³-hybridized carbons (Fsp3) is 0.360. The number of fused-ring (bicyclic) bond motifs is 2. The smallest absolute Gasteiger partial charge is 0.328 e. The summed E-state index contributed by atoms with van der Waals surface area (Å²) in [6, 6.07) is 18.0. The monoisotopic (exact) mass is 422 g/mol. The van der Waals surface area contributed by atoms with E-state index in [0.717, 1.165) is 19.5 Å². The predicted octanol–water partition coefficient (Wildman–Crippen LogP) is 3.40. The normalized spacial score (nSPS) is 16.5. The topological polar surface area (TPSA) is 81.1 Å². The number of rotatable bonds is 5. The molecule has 0 aliphatic carbocycles. The third-order valence-electron chi connectivity index (χ3n) is 5.71. The van der Waals surface area contributed by atoms with Crippen molar-refractivity contribution in [1.29, 1.82) is 0 Å². The number of nitrogens with zero attached hydrogens (tertiary/aromatic N) is 2. The minimum absolute atomic E-state index is 0.558. The second-order valence-electron chi connectivity index (χ2n) is 7.98. The van der Waals surface area contributed by atoms with Crippen LogP contribution in [0.2, 0.25) is 0 Å². The first-order valence-corrected chi connectivity index (χ1v) is 10.7. The summed E-state index contributed by atoms with van der Waals surface area (Å²) in [5.74, 6) is -2.51. The number of hydrogen-bond donors (Lipinski definition) is 2. The largest absolute Gasteiger partial charge is 0.478 e. The second-order valence-corrected chi connectivity index (χ2v) is 7.98. The van der Waals surface area contributed by atoms with E-state index in [9.17, 15) is 9.59 Å². The van der Waals surface area contributed by atoms with Crippen LogP contribution in [0, 0.1) is 0 Å². The molecule has 6 heteroatoms. The van der Waals surface area contributed by atoms with Crippen LogP contribution in [0.1, 0.15) is 35.1 Å². The molecule has 2 N–H and O–H groups in total. The Morgan fingerprint density at radius 1 is 0.710 bits per heavy atom. The van der Waals surface area contributed by atoms with E-state index in [2.05, 4.69) is 58.3 Å². The lowest BCUT2D eigenvalue weighted by Crippen LogP contribution is -2.34. The molecule has 0 spiro atoms. The lowest BCUT2D eigenvalue weighted by Gasteiger charge is -2.29. The Bertz CT molecular complexity index is 856. The third kappa shape index (κ3) is 7.35. The van der Waals surface area contributed by atoms with E-state index in [1.54, 1.807) is 0 Å². The van der Waals surface area contributed by atoms with Gasteiger partial charge in [0, 0.05) is 38.3 Å². The first-order chi connectivity index (χ1) is 15.0. The van der Waals surface area contributed by atoms with Gasteiger partial charge < -0.3 is 15.1 Å². The van der Waals surface area contributed by atoms with Crippen LogP contribution >= 0.6 is 0 Å². The lowest BCUT2D eigenvalue weighted by molar-refractivity contribution is -0.134. The van der Waals surface area contributed by atoms with Crippen LogP contribution < -0.4 is 0 Å². The van der Waals surface area contributed by atoms with Gasteiger partial charge in [0.15, 0.2) is 0 Å². The third-order valence-corrected chi connectivity index (χ3v) is 5.71. The molecule has 2 aliphatic rings. The molecule has 2 heterocycles. The molecular weight excluding hydrogens is 392 g/mol. The summed E-state index contributed by atoms with van der Waals surface area (Å²) in [5.41, 5.74) is 5.99. The first-order valence-electron chi connectivity index (χ1n) is 10.7. The molecule has 0 aromatic heterocycles. The highest BCUT2D eigenvalue weighted by molar-refractivity contribution is 5.89. The van der Waals surface area contributed by atoms with Gasteiger partial charge in [-0.05, 0) is 54.6 Å². The number of carboxylic acids is 2. The van der Waals surface area contributed by atoms with Crippen molar-refractivity contribution in [3.8, 4) is 0 Å². The maximum atomic E-state index is 9.55. The molecule has 0 saturated carbocycles. The SMILES string of the molecule is O=C(O)/C=C\C(=O)O.c1ccc2c(c1)Cc1ccccc1CN(CCN1CCCC1)C2. The van der Waals surface area contributed by atoms with Gasteiger partial charge in [0.1, 0.15) is 0 Å². The molecule has 2 aromatic rings. The number of likely N-dealkylation sites (tertiary alicyclic amines) is 1. The van der Waals surface area contributed by atoms with E-state index in [0.29, 0.717) is 12.2 Å². The van der Waals surface area contributed by atoms with Crippen molar-refractivity contribution in [3.63, 3.8) is 0 Å². The molecule has 1 fully saturated rings. The number of benzene rings is 2.